The third kappa shape index (κ3) is 3.66. The average molecular weight is 357 g/mol. The molecule has 0 atom stereocenters. The predicted octanol–water partition coefficient (Wildman–Crippen LogP) is 4.96. The molecule has 1 aliphatic rings. The lowest BCUT2D eigenvalue weighted by atomic mass is 10.2. The summed E-state index contributed by atoms with van der Waals surface area (Å²) in [5.41, 5.74) is 1.20. The minimum atomic E-state index is -0.311. The SMILES string of the molecule is C=CCN1C(=O)S/C(=C/c2ccc(Sc3ccc(C)cc3)o2)C1=O. The van der Waals surface area contributed by atoms with Crippen LogP contribution in [0, 0.1) is 6.92 Å². The summed E-state index contributed by atoms with van der Waals surface area (Å²) in [6.07, 6.45) is 3.13. The number of benzene rings is 1. The number of hydrogen-bond donors (Lipinski definition) is 0. The van der Waals surface area contributed by atoms with Crippen LogP contribution < -0.4 is 0 Å². The Bertz CT molecular complexity index is 821. The van der Waals surface area contributed by atoms with Gasteiger partial charge < -0.3 is 4.42 Å². The van der Waals surface area contributed by atoms with Crippen LogP contribution in [0.4, 0.5) is 4.79 Å². The fraction of sp³-hybridized carbons (Fsp3) is 0.111. The van der Waals surface area contributed by atoms with Gasteiger partial charge in [-0.05, 0) is 43.0 Å². The fourth-order valence-electron chi connectivity index (χ4n) is 2.10. The third-order valence-corrected chi connectivity index (χ3v) is 5.14. The monoisotopic (exact) mass is 357 g/mol. The van der Waals surface area contributed by atoms with Gasteiger partial charge >= 0.3 is 0 Å². The molecule has 0 radical (unpaired) electrons. The van der Waals surface area contributed by atoms with E-state index in [-0.39, 0.29) is 17.7 Å². The highest BCUT2D eigenvalue weighted by molar-refractivity contribution is 8.18. The van der Waals surface area contributed by atoms with Crippen LogP contribution in [0.3, 0.4) is 0 Å². The number of rotatable bonds is 5. The second kappa shape index (κ2) is 7.15. The first-order chi connectivity index (χ1) is 11.6. The molecule has 0 saturated carbocycles. The van der Waals surface area contributed by atoms with E-state index in [9.17, 15) is 9.59 Å². The Kier molecular flexibility index (Phi) is 4.97. The van der Waals surface area contributed by atoms with Crippen molar-refractivity contribution in [3.05, 3.63) is 65.3 Å². The van der Waals surface area contributed by atoms with Crippen LogP contribution in [0.25, 0.3) is 6.08 Å². The molecule has 2 heterocycles. The normalized spacial score (nSPS) is 16.2. The van der Waals surface area contributed by atoms with Crippen molar-refractivity contribution < 1.29 is 14.0 Å². The van der Waals surface area contributed by atoms with E-state index in [1.807, 2.05) is 37.3 Å². The van der Waals surface area contributed by atoms with E-state index in [4.69, 9.17) is 4.42 Å². The molecule has 0 bridgehead atoms. The number of hydrogen-bond acceptors (Lipinski definition) is 5. The van der Waals surface area contributed by atoms with Gasteiger partial charge in [0.15, 0.2) is 5.09 Å². The molecule has 1 aromatic carbocycles. The summed E-state index contributed by atoms with van der Waals surface area (Å²) in [4.78, 5) is 26.6. The van der Waals surface area contributed by atoms with Gasteiger partial charge in [0.05, 0.1) is 4.91 Å². The van der Waals surface area contributed by atoms with E-state index in [0.29, 0.717) is 10.7 Å². The maximum atomic E-state index is 12.2. The third-order valence-electron chi connectivity index (χ3n) is 3.30. The molecule has 6 heteroatoms. The summed E-state index contributed by atoms with van der Waals surface area (Å²) in [6, 6.07) is 11.8. The van der Waals surface area contributed by atoms with Crippen molar-refractivity contribution in [2.45, 2.75) is 16.9 Å². The molecule has 1 saturated heterocycles. The fourth-order valence-corrected chi connectivity index (χ4v) is 3.71. The number of carbonyl (C=O) groups excluding carboxylic acids is 2. The lowest BCUT2D eigenvalue weighted by Crippen LogP contribution is -2.27. The molecule has 24 heavy (non-hydrogen) atoms. The van der Waals surface area contributed by atoms with Gasteiger partial charge in [-0.1, -0.05) is 35.5 Å². The van der Waals surface area contributed by atoms with Gasteiger partial charge in [0.25, 0.3) is 11.1 Å². The molecule has 0 N–H and O–H groups in total. The van der Waals surface area contributed by atoms with Gasteiger partial charge in [0.2, 0.25) is 0 Å². The van der Waals surface area contributed by atoms with Crippen molar-refractivity contribution >= 4 is 40.7 Å². The van der Waals surface area contributed by atoms with Gasteiger partial charge in [-0.25, -0.2) is 0 Å². The molecule has 3 rings (SSSR count). The molecule has 2 aromatic rings. The van der Waals surface area contributed by atoms with E-state index in [1.165, 1.54) is 23.4 Å². The Balaban J connectivity index is 1.74. The number of carbonyl (C=O) groups is 2. The smallest absolute Gasteiger partial charge is 0.293 e. The zero-order valence-corrected chi connectivity index (χ0v) is 14.7. The molecule has 1 aliphatic heterocycles. The largest absolute Gasteiger partial charge is 0.450 e. The maximum Gasteiger partial charge on any atom is 0.293 e. The average Bonchev–Trinajstić information content (AvgIpc) is 3.10. The van der Waals surface area contributed by atoms with Crippen LogP contribution >= 0.6 is 23.5 Å². The highest BCUT2D eigenvalue weighted by Crippen LogP contribution is 2.34. The Morgan fingerprint density at radius 3 is 2.67 bits per heavy atom. The highest BCUT2D eigenvalue weighted by atomic mass is 32.2. The number of thioether (sulfide) groups is 1. The minimum absolute atomic E-state index is 0.217. The minimum Gasteiger partial charge on any atom is -0.450 e. The molecule has 4 nitrogen and oxygen atoms in total. The van der Waals surface area contributed by atoms with Gasteiger partial charge in [-0.15, -0.1) is 6.58 Å². The Morgan fingerprint density at radius 1 is 1.21 bits per heavy atom. The highest BCUT2D eigenvalue weighted by Gasteiger charge is 2.34. The number of aryl methyl sites for hydroxylation is 1. The van der Waals surface area contributed by atoms with E-state index in [0.717, 1.165) is 26.6 Å². The Hall–Kier alpha value is -2.18. The van der Waals surface area contributed by atoms with Crippen molar-refractivity contribution in [2.75, 3.05) is 6.54 Å². The Morgan fingerprint density at radius 2 is 1.96 bits per heavy atom. The van der Waals surface area contributed by atoms with Gasteiger partial charge in [-0.2, -0.15) is 0 Å². The summed E-state index contributed by atoms with van der Waals surface area (Å²) >= 11 is 2.42. The van der Waals surface area contributed by atoms with Gasteiger partial charge in [-0.3, -0.25) is 14.5 Å². The molecule has 122 valence electrons. The van der Waals surface area contributed by atoms with Crippen LogP contribution in [0.2, 0.25) is 0 Å². The lowest BCUT2D eigenvalue weighted by Gasteiger charge is -2.07. The first kappa shape index (κ1) is 16.7. The summed E-state index contributed by atoms with van der Waals surface area (Å²) < 4.78 is 5.73. The maximum absolute atomic E-state index is 12.2. The topological polar surface area (TPSA) is 50.5 Å². The standard InChI is InChI=1S/C18H15NO3S2/c1-3-10-19-17(20)15(24-18(19)21)11-13-6-9-16(22-13)23-14-7-4-12(2)5-8-14/h3-9,11H,1,10H2,2H3/b15-11+. The van der Waals surface area contributed by atoms with Crippen LogP contribution in [-0.2, 0) is 4.79 Å². The zero-order valence-electron chi connectivity index (χ0n) is 13.0. The van der Waals surface area contributed by atoms with E-state index < -0.39 is 0 Å². The first-order valence-corrected chi connectivity index (χ1v) is 8.91. The molecule has 2 amide bonds. The molecule has 1 aromatic heterocycles. The molecular formula is C18H15NO3S2. The molecular weight excluding hydrogens is 342 g/mol. The van der Waals surface area contributed by atoms with Crippen LogP contribution in [0.1, 0.15) is 11.3 Å². The predicted molar refractivity (Wildman–Crippen MR) is 96.9 cm³/mol. The van der Waals surface area contributed by atoms with Crippen LogP contribution in [-0.4, -0.2) is 22.6 Å². The van der Waals surface area contributed by atoms with Crippen LogP contribution in [0.15, 0.2) is 68.4 Å². The quantitative estimate of drug-likeness (QED) is 0.559. The summed E-state index contributed by atoms with van der Waals surface area (Å²) in [7, 11) is 0. The number of amides is 2. The Labute approximate surface area is 148 Å². The summed E-state index contributed by atoms with van der Waals surface area (Å²) in [5.74, 6) is 0.239. The second-order valence-corrected chi connectivity index (χ2v) is 7.22. The van der Waals surface area contributed by atoms with Crippen molar-refractivity contribution in [3.63, 3.8) is 0 Å². The van der Waals surface area contributed by atoms with Crippen molar-refractivity contribution in [3.8, 4) is 0 Å². The lowest BCUT2D eigenvalue weighted by molar-refractivity contribution is -0.122. The zero-order chi connectivity index (χ0) is 17.1. The van der Waals surface area contributed by atoms with E-state index in [1.54, 1.807) is 12.1 Å². The van der Waals surface area contributed by atoms with E-state index >= 15 is 0 Å². The number of nitrogens with zero attached hydrogens (tertiary/aromatic N) is 1. The van der Waals surface area contributed by atoms with Crippen molar-refractivity contribution in [1.82, 2.24) is 4.90 Å². The van der Waals surface area contributed by atoms with E-state index in [2.05, 4.69) is 6.58 Å². The van der Waals surface area contributed by atoms with Crippen molar-refractivity contribution in [2.24, 2.45) is 0 Å². The van der Waals surface area contributed by atoms with Crippen molar-refractivity contribution in [1.29, 1.82) is 0 Å². The number of furan rings is 1. The molecule has 0 unspecified atom stereocenters. The van der Waals surface area contributed by atoms with Gasteiger partial charge in [0, 0.05) is 17.5 Å². The molecule has 0 spiro atoms. The van der Waals surface area contributed by atoms with Gasteiger partial charge in [0.1, 0.15) is 5.76 Å². The number of imide groups is 1. The second-order valence-electron chi connectivity index (χ2n) is 5.15. The summed E-state index contributed by atoms with van der Waals surface area (Å²) in [6.45, 7) is 5.81. The van der Waals surface area contributed by atoms with Crippen LogP contribution in [0.5, 0.6) is 0 Å². The first-order valence-electron chi connectivity index (χ1n) is 7.27. The molecule has 0 aliphatic carbocycles. The summed E-state index contributed by atoms with van der Waals surface area (Å²) in [5, 5.41) is 0.447. The molecule has 1 fully saturated rings.